The number of imidazole rings is 1. The van der Waals surface area contributed by atoms with Crippen LogP contribution in [0.25, 0.3) is 11.0 Å². The highest BCUT2D eigenvalue weighted by Gasteiger charge is 2.43. The number of nitrogens with zero attached hydrogens (tertiary/aromatic N) is 2. The lowest BCUT2D eigenvalue weighted by atomic mass is 9.79. The van der Waals surface area contributed by atoms with Crippen LogP contribution in [0.2, 0.25) is 0 Å². The molecule has 0 saturated heterocycles. The molecule has 4 nitrogen and oxygen atoms in total. The van der Waals surface area contributed by atoms with Crippen molar-refractivity contribution in [1.82, 2.24) is 9.55 Å². The summed E-state index contributed by atoms with van der Waals surface area (Å²) >= 11 is 0. The maximum Gasteiger partial charge on any atom is 0.314 e. The minimum absolute atomic E-state index is 0.603. The predicted molar refractivity (Wildman–Crippen MR) is 75.8 cm³/mol. The summed E-state index contributed by atoms with van der Waals surface area (Å²) in [6.07, 6.45) is 7.85. The number of hydrogen-bond donors (Lipinski definition) is 1. The summed E-state index contributed by atoms with van der Waals surface area (Å²) in [5, 5.41) is 9.67. The van der Waals surface area contributed by atoms with Gasteiger partial charge in [0.15, 0.2) is 0 Å². The Morgan fingerprint density at radius 1 is 1.30 bits per heavy atom. The lowest BCUT2D eigenvalue weighted by Crippen LogP contribution is -2.32. The van der Waals surface area contributed by atoms with Crippen molar-refractivity contribution in [1.29, 1.82) is 0 Å². The van der Waals surface area contributed by atoms with E-state index in [0.717, 1.165) is 42.3 Å². The molecule has 2 aliphatic rings. The quantitative estimate of drug-likeness (QED) is 0.931. The van der Waals surface area contributed by atoms with Gasteiger partial charge in [0.2, 0.25) is 0 Å². The summed E-state index contributed by atoms with van der Waals surface area (Å²) in [6.45, 7) is 0. The Morgan fingerprint density at radius 3 is 2.70 bits per heavy atom. The van der Waals surface area contributed by atoms with Crippen molar-refractivity contribution >= 4 is 17.0 Å². The molecule has 0 bridgehead atoms. The number of hydrogen-bond acceptors (Lipinski definition) is 2. The topological polar surface area (TPSA) is 55.1 Å². The fourth-order valence-corrected chi connectivity index (χ4v) is 3.58. The second-order valence-corrected chi connectivity index (χ2v) is 6.18. The van der Waals surface area contributed by atoms with E-state index in [9.17, 15) is 9.90 Å². The third-order valence-electron chi connectivity index (χ3n) is 4.93. The van der Waals surface area contributed by atoms with Crippen molar-refractivity contribution in [3.63, 3.8) is 0 Å². The highest BCUT2D eigenvalue weighted by atomic mass is 16.4. The van der Waals surface area contributed by atoms with Crippen molar-refractivity contribution in [3.05, 3.63) is 30.1 Å². The molecule has 0 aliphatic heterocycles. The Kier molecular flexibility index (Phi) is 2.43. The zero-order chi connectivity index (χ0) is 13.7. The first-order valence-electron chi connectivity index (χ1n) is 7.41. The van der Waals surface area contributed by atoms with Gasteiger partial charge in [-0.25, -0.2) is 4.98 Å². The van der Waals surface area contributed by atoms with Crippen molar-refractivity contribution in [2.45, 2.75) is 50.0 Å². The van der Waals surface area contributed by atoms with Crippen molar-refractivity contribution in [2.75, 3.05) is 0 Å². The molecule has 1 aromatic heterocycles. The van der Waals surface area contributed by atoms with E-state index in [1.165, 1.54) is 12.8 Å². The van der Waals surface area contributed by atoms with Gasteiger partial charge in [-0.05, 0) is 43.4 Å². The van der Waals surface area contributed by atoms with Crippen LogP contribution in [0.5, 0.6) is 0 Å². The van der Waals surface area contributed by atoms with Crippen LogP contribution in [0.15, 0.2) is 24.5 Å². The van der Waals surface area contributed by atoms with Crippen molar-refractivity contribution < 1.29 is 9.90 Å². The van der Waals surface area contributed by atoms with Crippen LogP contribution in [-0.4, -0.2) is 20.6 Å². The molecule has 0 spiro atoms. The smallest absolute Gasteiger partial charge is 0.314 e. The average molecular weight is 270 g/mol. The maximum absolute atomic E-state index is 11.8. The van der Waals surface area contributed by atoms with Crippen LogP contribution < -0.4 is 0 Å². The number of carbonyl (C=O) groups is 1. The number of benzene rings is 1. The summed E-state index contributed by atoms with van der Waals surface area (Å²) in [5.74, 6) is -0.684. The molecule has 104 valence electrons. The maximum atomic E-state index is 11.8. The number of aliphatic carboxylic acids is 1. The minimum Gasteiger partial charge on any atom is -0.481 e. The van der Waals surface area contributed by atoms with Crippen LogP contribution in [0.1, 0.15) is 50.1 Å². The standard InChI is InChI=1S/C16H18N2O2/c19-15(20)16(7-1-2-8-16)11-3-6-14-13(9-11)17-10-18(14)12-4-5-12/h3,6,9-10,12H,1-2,4-5,7-8H2,(H,19,20). The summed E-state index contributed by atoms with van der Waals surface area (Å²) in [6, 6.07) is 6.65. The van der Waals surface area contributed by atoms with Crippen LogP contribution >= 0.6 is 0 Å². The van der Waals surface area contributed by atoms with E-state index in [2.05, 4.69) is 15.6 Å². The van der Waals surface area contributed by atoms with E-state index < -0.39 is 11.4 Å². The van der Waals surface area contributed by atoms with Crippen LogP contribution in [0, 0.1) is 0 Å². The Balaban J connectivity index is 1.82. The third-order valence-corrected chi connectivity index (χ3v) is 4.93. The molecule has 1 heterocycles. The first-order valence-corrected chi connectivity index (χ1v) is 7.41. The summed E-state index contributed by atoms with van der Waals surface area (Å²) in [7, 11) is 0. The molecule has 0 atom stereocenters. The molecule has 2 aliphatic carbocycles. The SMILES string of the molecule is O=C(O)C1(c2ccc3c(c2)ncn3C2CC2)CCCC1. The molecule has 2 saturated carbocycles. The lowest BCUT2D eigenvalue weighted by molar-refractivity contribution is -0.143. The first kappa shape index (κ1) is 11.9. The van der Waals surface area contributed by atoms with Crippen LogP contribution in [0.3, 0.4) is 0 Å². The number of carboxylic acids is 1. The summed E-state index contributed by atoms with van der Waals surface area (Å²) < 4.78 is 2.22. The molecule has 2 fully saturated rings. The molecule has 1 aromatic carbocycles. The average Bonchev–Trinajstić information content (AvgIpc) is 3.03. The van der Waals surface area contributed by atoms with Gasteiger partial charge in [-0.2, -0.15) is 0 Å². The normalized spacial score (nSPS) is 21.4. The van der Waals surface area contributed by atoms with Gasteiger partial charge < -0.3 is 9.67 Å². The van der Waals surface area contributed by atoms with Gasteiger partial charge in [0.25, 0.3) is 0 Å². The van der Waals surface area contributed by atoms with Gasteiger partial charge in [0, 0.05) is 6.04 Å². The van der Waals surface area contributed by atoms with E-state index in [1.54, 1.807) is 0 Å². The van der Waals surface area contributed by atoms with Gasteiger partial charge in [-0.1, -0.05) is 18.9 Å². The summed E-state index contributed by atoms with van der Waals surface area (Å²) in [5.41, 5.74) is 2.31. The zero-order valence-corrected chi connectivity index (χ0v) is 11.4. The van der Waals surface area contributed by atoms with Gasteiger partial charge in [0.05, 0.1) is 22.8 Å². The molecule has 4 heteroatoms. The monoisotopic (exact) mass is 270 g/mol. The van der Waals surface area contributed by atoms with Crippen LogP contribution in [-0.2, 0) is 10.2 Å². The summed E-state index contributed by atoms with van der Waals surface area (Å²) in [4.78, 5) is 16.2. The van der Waals surface area contributed by atoms with Crippen LogP contribution in [0.4, 0.5) is 0 Å². The van der Waals surface area contributed by atoms with E-state index in [4.69, 9.17) is 0 Å². The van der Waals surface area contributed by atoms with Crippen molar-refractivity contribution in [3.8, 4) is 0 Å². The number of rotatable bonds is 3. The highest BCUT2D eigenvalue weighted by Crippen LogP contribution is 2.43. The second-order valence-electron chi connectivity index (χ2n) is 6.18. The van der Waals surface area contributed by atoms with Gasteiger partial charge >= 0.3 is 5.97 Å². The van der Waals surface area contributed by atoms with Gasteiger partial charge in [-0.3, -0.25) is 4.79 Å². The zero-order valence-electron chi connectivity index (χ0n) is 11.4. The number of carboxylic acid groups (broad SMARTS) is 1. The molecule has 1 N–H and O–H groups in total. The number of aromatic nitrogens is 2. The lowest BCUT2D eigenvalue weighted by Gasteiger charge is -2.24. The Morgan fingerprint density at radius 2 is 2.05 bits per heavy atom. The van der Waals surface area contributed by atoms with Crippen molar-refractivity contribution in [2.24, 2.45) is 0 Å². The van der Waals surface area contributed by atoms with E-state index in [-0.39, 0.29) is 0 Å². The highest BCUT2D eigenvalue weighted by molar-refractivity contribution is 5.85. The molecule has 0 radical (unpaired) electrons. The first-order chi connectivity index (χ1) is 9.71. The third kappa shape index (κ3) is 1.60. The Bertz CT molecular complexity index is 679. The van der Waals surface area contributed by atoms with E-state index in [1.807, 2.05) is 18.5 Å². The second kappa shape index (κ2) is 4.08. The Hall–Kier alpha value is -1.84. The van der Waals surface area contributed by atoms with E-state index in [0.29, 0.717) is 6.04 Å². The Labute approximate surface area is 117 Å². The largest absolute Gasteiger partial charge is 0.481 e. The fourth-order valence-electron chi connectivity index (χ4n) is 3.58. The molecular weight excluding hydrogens is 252 g/mol. The molecule has 0 unspecified atom stereocenters. The molecule has 2 aromatic rings. The van der Waals surface area contributed by atoms with Gasteiger partial charge in [0.1, 0.15) is 0 Å². The number of fused-ring (bicyclic) bond motifs is 1. The van der Waals surface area contributed by atoms with E-state index >= 15 is 0 Å². The molecular formula is C16H18N2O2. The fraction of sp³-hybridized carbons (Fsp3) is 0.500. The van der Waals surface area contributed by atoms with Gasteiger partial charge in [-0.15, -0.1) is 0 Å². The minimum atomic E-state index is -0.684. The molecule has 4 rings (SSSR count). The molecule has 20 heavy (non-hydrogen) atoms. The molecule has 0 amide bonds. The predicted octanol–water partition coefficient (Wildman–Crippen LogP) is 3.27.